The average Bonchev–Trinajstić information content (AvgIpc) is 3.34. The third-order valence-corrected chi connectivity index (χ3v) is 9.50. The number of halogens is 5. The number of nitrogens with zero attached hydrogens (tertiary/aromatic N) is 4. The Morgan fingerprint density at radius 1 is 1.11 bits per heavy atom. The van der Waals surface area contributed by atoms with Crippen LogP contribution in [0.15, 0.2) is 49.1 Å². The van der Waals surface area contributed by atoms with Crippen LogP contribution in [0.3, 0.4) is 0 Å². The van der Waals surface area contributed by atoms with Crippen molar-refractivity contribution in [3.05, 3.63) is 88.6 Å². The third kappa shape index (κ3) is 5.59. The van der Waals surface area contributed by atoms with Gasteiger partial charge in [-0.2, -0.15) is 13.2 Å². The summed E-state index contributed by atoms with van der Waals surface area (Å²) in [5.74, 6) is -5.82. The highest BCUT2D eigenvalue weighted by Gasteiger charge is 2.69. The van der Waals surface area contributed by atoms with E-state index in [1.165, 1.54) is 37.3 Å². The van der Waals surface area contributed by atoms with Crippen LogP contribution in [0.4, 0.5) is 22.0 Å². The number of amides is 2. The van der Waals surface area contributed by atoms with Crippen LogP contribution >= 0.6 is 0 Å². The molecule has 0 radical (unpaired) electrons. The fourth-order valence-electron chi connectivity index (χ4n) is 7.15. The topological polar surface area (TPSA) is 117 Å². The number of aryl methyl sites for hydroxylation is 2. The number of carbonyl (C=O) groups is 3. The molecule has 2 amide bonds. The van der Waals surface area contributed by atoms with E-state index >= 15 is 8.78 Å². The third-order valence-electron chi connectivity index (χ3n) is 9.50. The van der Waals surface area contributed by atoms with Gasteiger partial charge in [-0.25, -0.2) is 13.8 Å². The minimum atomic E-state index is -4.63. The predicted molar refractivity (Wildman–Crippen MR) is 158 cm³/mol. The molecule has 1 unspecified atom stereocenters. The van der Waals surface area contributed by atoms with E-state index in [0.29, 0.717) is 5.65 Å². The lowest BCUT2D eigenvalue weighted by molar-refractivity contribution is -0.138. The Labute approximate surface area is 265 Å². The first kappa shape index (κ1) is 32.1. The molecule has 6 rings (SSSR count). The molecule has 0 spiro atoms. The summed E-state index contributed by atoms with van der Waals surface area (Å²) in [5.41, 5.74) is -0.753. The Bertz CT molecular complexity index is 1900. The van der Waals surface area contributed by atoms with Crippen LogP contribution in [0.2, 0.25) is 0 Å². The van der Waals surface area contributed by atoms with Gasteiger partial charge in [0.1, 0.15) is 11.7 Å². The lowest BCUT2D eigenvalue weighted by Gasteiger charge is -2.31. The highest BCUT2D eigenvalue weighted by atomic mass is 19.4. The van der Waals surface area contributed by atoms with E-state index in [-0.39, 0.29) is 51.7 Å². The molecule has 0 bridgehead atoms. The SMILES string of the molecule is Cc1cc(C(F)(F)F)cc(C)c1-c1cc(F)c(F)c([C@H](CC(=O)O)NC(=O)[C@@H]2[C@@H]3C(CN2C(=O)c2cn4ccncc4n2)C3(C)C)c1. The molecule has 47 heavy (non-hydrogen) atoms. The first-order chi connectivity index (χ1) is 22.0. The van der Waals surface area contributed by atoms with Crippen LogP contribution in [0.5, 0.6) is 0 Å². The molecule has 4 aromatic rings. The standard InChI is InChI=1S/C33H30F5N5O4/c1-15-7-18(33(36,37)38)8-16(2)26(15)17-9-19(28(35)21(34)10-17)22(11-25(44)45)41-30(46)29-27-20(32(27,3)4)13-43(29)31(47)23-14-42-6-5-39-12-24(42)40-23/h5-10,12,14,20,22,27,29H,11,13H2,1-4H3,(H,41,46)(H,44,45)/t20?,22-,27-,29-/m0/s1. The van der Waals surface area contributed by atoms with Gasteiger partial charge in [-0.05, 0) is 77.6 Å². The Morgan fingerprint density at radius 2 is 1.79 bits per heavy atom. The smallest absolute Gasteiger partial charge is 0.416 e. The summed E-state index contributed by atoms with van der Waals surface area (Å²) in [6.45, 7) is 6.92. The van der Waals surface area contributed by atoms with Gasteiger partial charge >= 0.3 is 12.1 Å². The molecule has 246 valence electrons. The van der Waals surface area contributed by atoms with Crippen LogP contribution in [0, 0.1) is 42.7 Å². The van der Waals surface area contributed by atoms with Gasteiger partial charge in [-0.15, -0.1) is 0 Å². The average molecular weight is 656 g/mol. The Morgan fingerprint density at radius 3 is 2.40 bits per heavy atom. The molecular formula is C33H30F5N5O4. The molecule has 4 atom stereocenters. The number of likely N-dealkylation sites (tertiary alicyclic amines) is 1. The normalized spacial score (nSPS) is 20.6. The zero-order valence-electron chi connectivity index (χ0n) is 25.7. The molecule has 1 aliphatic heterocycles. The Balaban J connectivity index is 1.35. The van der Waals surface area contributed by atoms with Crippen molar-refractivity contribution in [3.63, 3.8) is 0 Å². The number of nitrogens with one attached hydrogen (secondary N) is 1. The second-order valence-corrected chi connectivity index (χ2v) is 12.8. The lowest BCUT2D eigenvalue weighted by atomic mass is 9.90. The number of carbonyl (C=O) groups excluding carboxylic acids is 2. The summed E-state index contributed by atoms with van der Waals surface area (Å²) in [6, 6.07) is 1.10. The first-order valence-corrected chi connectivity index (χ1v) is 14.8. The summed E-state index contributed by atoms with van der Waals surface area (Å²) in [6.07, 6.45) is 0.639. The summed E-state index contributed by atoms with van der Waals surface area (Å²) in [5, 5.41) is 12.3. The molecule has 9 nitrogen and oxygen atoms in total. The van der Waals surface area contributed by atoms with E-state index in [2.05, 4.69) is 15.3 Å². The van der Waals surface area contributed by atoms with E-state index in [1.54, 1.807) is 10.6 Å². The number of alkyl halides is 3. The maximum absolute atomic E-state index is 15.4. The zero-order chi connectivity index (χ0) is 34.2. The highest BCUT2D eigenvalue weighted by molar-refractivity contribution is 5.98. The number of fused-ring (bicyclic) bond motifs is 2. The van der Waals surface area contributed by atoms with Gasteiger partial charge in [-0.3, -0.25) is 19.4 Å². The Kier molecular flexibility index (Phi) is 7.59. The van der Waals surface area contributed by atoms with Crippen molar-refractivity contribution in [2.24, 2.45) is 17.3 Å². The summed E-state index contributed by atoms with van der Waals surface area (Å²) in [4.78, 5) is 49.3. The van der Waals surface area contributed by atoms with Gasteiger partial charge in [-0.1, -0.05) is 13.8 Å². The van der Waals surface area contributed by atoms with Crippen LogP contribution in [-0.4, -0.2) is 54.7 Å². The molecule has 14 heteroatoms. The van der Waals surface area contributed by atoms with E-state index in [4.69, 9.17) is 0 Å². The number of aliphatic carboxylic acids is 1. The molecule has 2 fully saturated rings. The maximum Gasteiger partial charge on any atom is 0.416 e. The molecule has 3 heterocycles. The minimum absolute atomic E-state index is 0.00895. The number of piperidine rings is 1. The van der Waals surface area contributed by atoms with Gasteiger partial charge < -0.3 is 19.7 Å². The van der Waals surface area contributed by atoms with Crippen molar-refractivity contribution in [2.45, 2.75) is 52.4 Å². The molecule has 2 aliphatic rings. The molecule has 1 aliphatic carbocycles. The number of hydrogen-bond donors (Lipinski definition) is 2. The number of benzene rings is 2. The molecule has 2 aromatic heterocycles. The fourth-order valence-corrected chi connectivity index (χ4v) is 7.15. The van der Waals surface area contributed by atoms with Gasteiger partial charge in [0, 0.05) is 30.7 Å². The second-order valence-electron chi connectivity index (χ2n) is 12.8. The molecule has 2 aromatic carbocycles. The van der Waals surface area contributed by atoms with E-state index < -0.39 is 65.2 Å². The quantitative estimate of drug-likeness (QED) is 0.246. The Hall–Kier alpha value is -4.88. The molecular weight excluding hydrogens is 625 g/mol. The molecule has 1 saturated carbocycles. The largest absolute Gasteiger partial charge is 0.481 e. The fraction of sp³-hybridized carbons (Fsp3) is 0.364. The van der Waals surface area contributed by atoms with E-state index in [0.717, 1.165) is 24.3 Å². The number of carboxylic acids is 1. The highest BCUT2D eigenvalue weighted by Crippen LogP contribution is 2.65. The lowest BCUT2D eigenvalue weighted by Crippen LogP contribution is -2.50. The number of rotatable bonds is 7. The second kappa shape index (κ2) is 11.1. The summed E-state index contributed by atoms with van der Waals surface area (Å²) in [7, 11) is 0. The van der Waals surface area contributed by atoms with Crippen molar-refractivity contribution in [2.75, 3.05) is 6.54 Å². The number of carboxylic acid groups (broad SMARTS) is 1. The minimum Gasteiger partial charge on any atom is -0.481 e. The summed E-state index contributed by atoms with van der Waals surface area (Å²) >= 11 is 0. The molecule has 2 N–H and O–H groups in total. The van der Waals surface area contributed by atoms with Crippen molar-refractivity contribution in [1.82, 2.24) is 24.6 Å². The van der Waals surface area contributed by atoms with Gasteiger partial charge in [0.2, 0.25) is 5.91 Å². The first-order valence-electron chi connectivity index (χ1n) is 14.8. The van der Waals surface area contributed by atoms with Crippen molar-refractivity contribution in [1.29, 1.82) is 0 Å². The molecule has 1 saturated heterocycles. The van der Waals surface area contributed by atoms with Gasteiger partial charge in [0.05, 0.1) is 24.2 Å². The monoisotopic (exact) mass is 655 g/mol. The predicted octanol–water partition coefficient (Wildman–Crippen LogP) is 5.74. The summed E-state index contributed by atoms with van der Waals surface area (Å²) < 4.78 is 72.4. The van der Waals surface area contributed by atoms with Crippen LogP contribution < -0.4 is 5.32 Å². The zero-order valence-corrected chi connectivity index (χ0v) is 25.7. The van der Waals surface area contributed by atoms with Gasteiger partial charge in [0.15, 0.2) is 17.3 Å². The number of hydrogen-bond acceptors (Lipinski definition) is 5. The van der Waals surface area contributed by atoms with Gasteiger partial charge in [0.25, 0.3) is 5.91 Å². The van der Waals surface area contributed by atoms with E-state index in [1.807, 2.05) is 13.8 Å². The van der Waals surface area contributed by atoms with Crippen molar-refractivity contribution in [3.8, 4) is 11.1 Å². The van der Waals surface area contributed by atoms with E-state index in [9.17, 15) is 32.7 Å². The van der Waals surface area contributed by atoms with Crippen molar-refractivity contribution < 1.29 is 41.4 Å². The maximum atomic E-state index is 15.4. The van der Waals surface area contributed by atoms with Crippen molar-refractivity contribution >= 4 is 23.4 Å². The van der Waals surface area contributed by atoms with Crippen LogP contribution in [0.25, 0.3) is 16.8 Å². The van der Waals surface area contributed by atoms with Crippen LogP contribution in [0.1, 0.15) is 59.1 Å². The number of aromatic nitrogens is 3. The number of imidazole rings is 1. The van der Waals surface area contributed by atoms with Crippen LogP contribution in [-0.2, 0) is 15.8 Å².